The Kier molecular flexibility index (Phi) is 5.94. The molecule has 0 atom stereocenters. The van der Waals surface area contributed by atoms with Crippen LogP contribution < -0.4 is 20.3 Å². The summed E-state index contributed by atoms with van der Waals surface area (Å²) in [5.74, 6) is -2.50. The molecule has 0 spiro atoms. The molecule has 0 aliphatic carbocycles. The predicted molar refractivity (Wildman–Crippen MR) is 109 cm³/mol. The molecule has 14 heteroatoms. The standard InChI is InChI=1S/C17H14N4O8S2/c1-29-8-2-4-9(5-3-8)31(27,28)21-17(26)18-11-7-30-6-10(11)14-19-12(16(24)25)13(22)15(23)20-14/h2-7,22H,1H3,(H,24,25)(H2,18,21,26)(H,19,20,23). The van der Waals surface area contributed by atoms with E-state index in [1.807, 2.05) is 4.72 Å². The summed E-state index contributed by atoms with van der Waals surface area (Å²) in [7, 11) is -2.77. The molecule has 1 aromatic carbocycles. The number of anilines is 1. The Balaban J connectivity index is 1.84. The van der Waals surface area contributed by atoms with Crippen LogP contribution in [-0.2, 0) is 10.0 Å². The molecular weight excluding hydrogens is 452 g/mol. The van der Waals surface area contributed by atoms with Crippen molar-refractivity contribution < 1.29 is 33.0 Å². The number of hydrogen-bond donors (Lipinski definition) is 5. The molecule has 0 unspecified atom stereocenters. The first-order valence-electron chi connectivity index (χ1n) is 8.23. The van der Waals surface area contributed by atoms with E-state index in [2.05, 4.69) is 15.3 Å². The first kappa shape index (κ1) is 21.8. The van der Waals surface area contributed by atoms with Crippen molar-refractivity contribution in [2.75, 3.05) is 12.4 Å². The zero-order valence-corrected chi connectivity index (χ0v) is 17.2. The molecule has 2 heterocycles. The average molecular weight is 466 g/mol. The van der Waals surface area contributed by atoms with Crippen LogP contribution in [0.4, 0.5) is 10.5 Å². The number of carbonyl (C=O) groups excluding carboxylic acids is 1. The number of urea groups is 1. The highest BCUT2D eigenvalue weighted by Gasteiger charge is 2.22. The van der Waals surface area contributed by atoms with E-state index in [-0.39, 0.29) is 22.0 Å². The molecule has 3 rings (SSSR count). The lowest BCUT2D eigenvalue weighted by Gasteiger charge is -2.10. The molecule has 0 aliphatic heterocycles. The van der Waals surface area contributed by atoms with Crippen molar-refractivity contribution in [1.82, 2.24) is 14.7 Å². The number of amides is 2. The van der Waals surface area contributed by atoms with E-state index in [1.165, 1.54) is 42.1 Å². The summed E-state index contributed by atoms with van der Waals surface area (Å²) in [5, 5.41) is 23.8. The van der Waals surface area contributed by atoms with Crippen molar-refractivity contribution in [3.63, 3.8) is 0 Å². The monoisotopic (exact) mass is 466 g/mol. The van der Waals surface area contributed by atoms with E-state index in [4.69, 9.17) is 9.84 Å². The van der Waals surface area contributed by atoms with Gasteiger partial charge in [0.05, 0.1) is 23.3 Å². The number of sulfonamides is 1. The van der Waals surface area contributed by atoms with Crippen LogP contribution in [0.15, 0.2) is 44.7 Å². The number of nitrogens with one attached hydrogen (secondary N) is 3. The fraction of sp³-hybridized carbons (Fsp3) is 0.0588. The number of aromatic nitrogens is 2. The molecule has 0 saturated carbocycles. The summed E-state index contributed by atoms with van der Waals surface area (Å²) in [5.41, 5.74) is -1.80. The normalized spacial score (nSPS) is 11.0. The van der Waals surface area contributed by atoms with Crippen molar-refractivity contribution in [3.8, 4) is 22.9 Å². The molecule has 0 radical (unpaired) electrons. The van der Waals surface area contributed by atoms with Crippen LogP contribution in [-0.4, -0.2) is 47.7 Å². The lowest BCUT2D eigenvalue weighted by Crippen LogP contribution is -2.34. The maximum absolute atomic E-state index is 12.4. The molecule has 0 aliphatic rings. The quantitative estimate of drug-likeness (QED) is 0.358. The maximum Gasteiger partial charge on any atom is 0.358 e. The number of hydrogen-bond acceptors (Lipinski definition) is 9. The number of H-pyrrole nitrogens is 1. The predicted octanol–water partition coefficient (Wildman–Crippen LogP) is 1.42. The zero-order valence-electron chi connectivity index (χ0n) is 15.6. The number of aromatic hydroxyl groups is 1. The van der Waals surface area contributed by atoms with Gasteiger partial charge in [-0.05, 0) is 24.3 Å². The summed E-state index contributed by atoms with van der Waals surface area (Å²) >= 11 is 1.07. The minimum atomic E-state index is -4.19. The van der Waals surface area contributed by atoms with E-state index >= 15 is 0 Å². The third kappa shape index (κ3) is 4.65. The highest BCUT2D eigenvalue weighted by atomic mass is 32.2. The number of rotatable bonds is 6. The summed E-state index contributed by atoms with van der Waals surface area (Å²) in [6.45, 7) is 0. The third-order valence-corrected chi connectivity index (χ3v) is 5.95. The van der Waals surface area contributed by atoms with E-state index in [1.54, 1.807) is 0 Å². The Labute approximate surface area is 178 Å². The molecule has 0 saturated heterocycles. The lowest BCUT2D eigenvalue weighted by molar-refractivity contribution is 0.0686. The molecule has 0 fully saturated rings. The minimum Gasteiger partial charge on any atom is -0.501 e. The number of carbonyl (C=O) groups is 2. The van der Waals surface area contributed by atoms with E-state index in [0.717, 1.165) is 11.3 Å². The Bertz CT molecular complexity index is 1310. The number of carboxylic acids is 1. The van der Waals surface area contributed by atoms with E-state index in [0.29, 0.717) is 5.75 Å². The molecule has 2 amide bonds. The van der Waals surface area contributed by atoms with Gasteiger partial charge in [0.25, 0.3) is 15.6 Å². The van der Waals surface area contributed by atoms with Gasteiger partial charge in [0.15, 0.2) is 5.69 Å². The topological polar surface area (TPSA) is 188 Å². The SMILES string of the molecule is COc1ccc(S(=O)(=O)NC(=O)Nc2cscc2-c2nc(C(=O)O)c(O)c(=O)[nH]2)cc1. The van der Waals surface area contributed by atoms with Crippen molar-refractivity contribution >= 4 is 39.0 Å². The van der Waals surface area contributed by atoms with Gasteiger partial charge in [0.2, 0.25) is 5.75 Å². The van der Waals surface area contributed by atoms with E-state index < -0.39 is 39.0 Å². The molecule has 162 valence electrons. The fourth-order valence-corrected chi connectivity index (χ4v) is 4.08. The van der Waals surface area contributed by atoms with Crippen molar-refractivity contribution in [2.24, 2.45) is 0 Å². The Morgan fingerprint density at radius 3 is 2.48 bits per heavy atom. The highest BCUT2D eigenvalue weighted by molar-refractivity contribution is 7.90. The van der Waals surface area contributed by atoms with Gasteiger partial charge in [-0.15, -0.1) is 11.3 Å². The van der Waals surface area contributed by atoms with E-state index in [9.17, 15) is 27.9 Å². The van der Waals surface area contributed by atoms with Crippen molar-refractivity contribution in [3.05, 3.63) is 51.1 Å². The number of ether oxygens (including phenoxy) is 1. The van der Waals surface area contributed by atoms with Crippen LogP contribution in [0.5, 0.6) is 11.5 Å². The summed E-state index contributed by atoms with van der Waals surface area (Å²) < 4.78 is 31.5. The Morgan fingerprint density at radius 2 is 1.87 bits per heavy atom. The maximum atomic E-state index is 12.4. The molecule has 31 heavy (non-hydrogen) atoms. The minimum absolute atomic E-state index is 0.0533. The van der Waals surface area contributed by atoms with Gasteiger partial charge in [-0.1, -0.05) is 0 Å². The smallest absolute Gasteiger partial charge is 0.358 e. The molecule has 0 bridgehead atoms. The average Bonchev–Trinajstić information content (AvgIpc) is 3.17. The van der Waals surface area contributed by atoms with Crippen LogP contribution in [0.1, 0.15) is 10.5 Å². The number of carboxylic acid groups (broad SMARTS) is 1. The molecule has 5 N–H and O–H groups in total. The van der Waals surface area contributed by atoms with Gasteiger partial charge in [-0.2, -0.15) is 0 Å². The van der Waals surface area contributed by atoms with Crippen molar-refractivity contribution in [1.29, 1.82) is 0 Å². The first-order chi connectivity index (χ1) is 14.6. The lowest BCUT2D eigenvalue weighted by atomic mass is 10.2. The Morgan fingerprint density at radius 1 is 1.19 bits per heavy atom. The molecule has 2 aromatic heterocycles. The van der Waals surface area contributed by atoms with Gasteiger partial charge in [-0.25, -0.2) is 27.7 Å². The summed E-state index contributed by atoms with van der Waals surface area (Å²) in [6.07, 6.45) is 0. The molecular formula is C17H14N4O8S2. The van der Waals surface area contributed by atoms with Gasteiger partial charge >= 0.3 is 12.0 Å². The first-order valence-corrected chi connectivity index (χ1v) is 10.7. The summed E-state index contributed by atoms with van der Waals surface area (Å²) in [6, 6.07) is 4.23. The van der Waals surface area contributed by atoms with Crippen LogP contribution in [0.2, 0.25) is 0 Å². The van der Waals surface area contributed by atoms with Gasteiger partial charge in [0, 0.05) is 10.8 Å². The zero-order chi connectivity index (χ0) is 22.8. The number of methoxy groups -OCH3 is 1. The second-order valence-electron chi connectivity index (χ2n) is 5.85. The fourth-order valence-electron chi connectivity index (χ4n) is 2.40. The number of thiophene rings is 1. The number of benzene rings is 1. The number of nitrogens with zero attached hydrogens (tertiary/aromatic N) is 1. The molecule has 3 aromatic rings. The largest absolute Gasteiger partial charge is 0.501 e. The molecule has 12 nitrogen and oxygen atoms in total. The van der Waals surface area contributed by atoms with Crippen LogP contribution in [0, 0.1) is 0 Å². The highest BCUT2D eigenvalue weighted by Crippen LogP contribution is 2.30. The van der Waals surface area contributed by atoms with Crippen LogP contribution in [0.3, 0.4) is 0 Å². The third-order valence-electron chi connectivity index (χ3n) is 3.86. The second kappa shape index (κ2) is 8.45. The number of aromatic carboxylic acids is 1. The van der Waals surface area contributed by atoms with Crippen LogP contribution >= 0.6 is 11.3 Å². The number of aromatic amines is 1. The van der Waals surface area contributed by atoms with Crippen molar-refractivity contribution in [2.45, 2.75) is 4.90 Å². The second-order valence-corrected chi connectivity index (χ2v) is 8.28. The van der Waals surface area contributed by atoms with Gasteiger partial charge in [-0.3, -0.25) is 4.79 Å². The van der Waals surface area contributed by atoms with Crippen LogP contribution in [0.25, 0.3) is 11.4 Å². The van der Waals surface area contributed by atoms with Gasteiger partial charge < -0.3 is 25.3 Å². The summed E-state index contributed by atoms with van der Waals surface area (Å²) in [4.78, 5) is 40.9. The van der Waals surface area contributed by atoms with Gasteiger partial charge in [0.1, 0.15) is 11.6 Å². The Hall–Kier alpha value is -3.91.